The zero-order valence-corrected chi connectivity index (χ0v) is 17.8. The van der Waals surface area contributed by atoms with E-state index in [9.17, 15) is 0 Å². The summed E-state index contributed by atoms with van der Waals surface area (Å²) in [4.78, 5) is 0. The molecule has 1 unspecified atom stereocenters. The normalized spacial score (nSPS) is 17.0. The van der Waals surface area contributed by atoms with Crippen molar-refractivity contribution in [2.75, 3.05) is 0 Å². The van der Waals surface area contributed by atoms with Crippen molar-refractivity contribution in [1.82, 2.24) is 0 Å². The highest BCUT2D eigenvalue weighted by Crippen LogP contribution is 2.40. The first kappa shape index (κ1) is 22.3. The second kappa shape index (κ2) is 13.4. The Bertz CT molecular complexity index is 408. The van der Waals surface area contributed by atoms with Gasteiger partial charge in [0.05, 0.1) is 0 Å². The fraction of sp³-hybridized carbons (Fsp3) is 0.760. The molecule has 0 saturated heterocycles. The summed E-state index contributed by atoms with van der Waals surface area (Å²) in [5.74, 6) is 2.93. The molecule has 0 aromatic heterocycles. The van der Waals surface area contributed by atoms with E-state index in [4.69, 9.17) is 0 Å². The van der Waals surface area contributed by atoms with Crippen LogP contribution in [0, 0.1) is 11.8 Å². The van der Waals surface area contributed by atoms with E-state index in [-0.39, 0.29) is 0 Å². The topological polar surface area (TPSA) is 0 Å². The molecule has 2 aliphatic carbocycles. The molecule has 0 aliphatic heterocycles. The first-order valence-electron chi connectivity index (χ1n) is 11.3. The van der Waals surface area contributed by atoms with Gasteiger partial charge in [-0.25, -0.2) is 0 Å². The third-order valence-corrected chi connectivity index (χ3v) is 5.40. The molecule has 2 fully saturated rings. The largest absolute Gasteiger partial charge is 0.0683 e. The van der Waals surface area contributed by atoms with Gasteiger partial charge in [0.25, 0.3) is 0 Å². The van der Waals surface area contributed by atoms with Crippen molar-refractivity contribution < 1.29 is 0 Å². The summed E-state index contributed by atoms with van der Waals surface area (Å²) in [6, 6.07) is 9.48. The predicted octanol–water partition coefficient (Wildman–Crippen LogP) is 8.55. The molecule has 2 saturated carbocycles. The van der Waals surface area contributed by atoms with Crippen molar-refractivity contribution in [3.05, 3.63) is 35.4 Å². The van der Waals surface area contributed by atoms with Gasteiger partial charge in [0.2, 0.25) is 0 Å². The molecule has 0 bridgehead atoms. The molecule has 0 nitrogen and oxygen atoms in total. The Morgan fingerprint density at radius 2 is 1.44 bits per heavy atom. The molecule has 1 aromatic rings. The SMILES string of the molecule is CC.CC1CC1.CCCCC(CCC)CCc1ccc(C2CC2)cc1. The van der Waals surface area contributed by atoms with Gasteiger partial charge in [-0.1, -0.05) is 104 Å². The lowest BCUT2D eigenvalue weighted by Crippen LogP contribution is -2.02. The molecule has 1 atom stereocenters. The van der Waals surface area contributed by atoms with Crippen LogP contribution >= 0.6 is 0 Å². The lowest BCUT2D eigenvalue weighted by molar-refractivity contribution is 0.402. The van der Waals surface area contributed by atoms with Crippen LogP contribution in [-0.4, -0.2) is 0 Å². The molecule has 1 aromatic carbocycles. The molecule has 0 heterocycles. The van der Waals surface area contributed by atoms with Gasteiger partial charge in [0, 0.05) is 0 Å². The average Bonchev–Trinajstić information content (AvgIpc) is 3.56. The molecule has 0 spiro atoms. The monoisotopic (exact) mass is 344 g/mol. The Balaban J connectivity index is 0.000000446. The van der Waals surface area contributed by atoms with Gasteiger partial charge >= 0.3 is 0 Å². The molecular weight excluding hydrogens is 300 g/mol. The van der Waals surface area contributed by atoms with E-state index < -0.39 is 0 Å². The van der Waals surface area contributed by atoms with Gasteiger partial charge in [-0.05, 0) is 54.6 Å². The summed E-state index contributed by atoms with van der Waals surface area (Å²) in [6.45, 7) is 10.9. The van der Waals surface area contributed by atoms with E-state index in [1.165, 1.54) is 70.6 Å². The molecule has 0 amide bonds. The molecule has 0 radical (unpaired) electrons. The van der Waals surface area contributed by atoms with Gasteiger partial charge in [0.15, 0.2) is 0 Å². The summed E-state index contributed by atoms with van der Waals surface area (Å²) in [7, 11) is 0. The number of benzene rings is 1. The zero-order chi connectivity index (χ0) is 18.5. The lowest BCUT2D eigenvalue weighted by atomic mass is 9.90. The first-order valence-corrected chi connectivity index (χ1v) is 11.3. The predicted molar refractivity (Wildman–Crippen MR) is 114 cm³/mol. The van der Waals surface area contributed by atoms with Crippen molar-refractivity contribution in [2.24, 2.45) is 11.8 Å². The van der Waals surface area contributed by atoms with Gasteiger partial charge in [-0.15, -0.1) is 0 Å². The molecule has 25 heavy (non-hydrogen) atoms. The second-order valence-corrected chi connectivity index (χ2v) is 8.03. The number of hydrogen-bond donors (Lipinski definition) is 0. The van der Waals surface area contributed by atoms with Crippen LogP contribution < -0.4 is 0 Å². The smallest absolute Gasteiger partial charge is 0.0162 e. The third kappa shape index (κ3) is 10.7. The maximum atomic E-state index is 2.37. The summed E-state index contributed by atoms with van der Waals surface area (Å²) in [5, 5.41) is 0. The minimum Gasteiger partial charge on any atom is -0.0683 e. The van der Waals surface area contributed by atoms with Crippen LogP contribution in [0.5, 0.6) is 0 Å². The van der Waals surface area contributed by atoms with Gasteiger partial charge < -0.3 is 0 Å². The zero-order valence-electron chi connectivity index (χ0n) is 17.8. The van der Waals surface area contributed by atoms with Crippen molar-refractivity contribution >= 4 is 0 Å². The van der Waals surface area contributed by atoms with Crippen LogP contribution in [-0.2, 0) is 6.42 Å². The third-order valence-electron chi connectivity index (χ3n) is 5.40. The second-order valence-electron chi connectivity index (χ2n) is 8.03. The fourth-order valence-corrected chi connectivity index (χ4v) is 3.24. The minimum absolute atomic E-state index is 0.895. The van der Waals surface area contributed by atoms with Crippen LogP contribution in [0.25, 0.3) is 0 Å². The quantitative estimate of drug-likeness (QED) is 0.421. The number of aryl methyl sites for hydroxylation is 1. The highest BCUT2D eigenvalue weighted by atomic mass is 14.3. The summed E-state index contributed by atoms with van der Waals surface area (Å²) >= 11 is 0. The van der Waals surface area contributed by atoms with Crippen molar-refractivity contribution in [3.8, 4) is 0 Å². The van der Waals surface area contributed by atoms with Crippen LogP contribution in [0.4, 0.5) is 0 Å². The van der Waals surface area contributed by atoms with Crippen molar-refractivity contribution in [3.63, 3.8) is 0 Å². The van der Waals surface area contributed by atoms with E-state index >= 15 is 0 Å². The molecule has 0 N–H and O–H groups in total. The summed E-state index contributed by atoms with van der Waals surface area (Å²) < 4.78 is 0. The molecule has 3 rings (SSSR count). The van der Waals surface area contributed by atoms with Crippen LogP contribution in [0.15, 0.2) is 24.3 Å². The van der Waals surface area contributed by atoms with Gasteiger partial charge in [-0.3, -0.25) is 0 Å². The Kier molecular flexibility index (Phi) is 12.0. The molecule has 0 heteroatoms. The highest BCUT2D eigenvalue weighted by Gasteiger charge is 2.22. The Labute approximate surface area is 158 Å². The van der Waals surface area contributed by atoms with Crippen LogP contribution in [0.3, 0.4) is 0 Å². The summed E-state index contributed by atoms with van der Waals surface area (Å²) in [6.07, 6.45) is 15.4. The average molecular weight is 345 g/mol. The molecule has 2 aliphatic rings. The minimum atomic E-state index is 0.895. The standard InChI is InChI=1S/C19H30.C4H8.C2H6/c1-3-5-7-16(6-4-2)8-9-17-10-12-18(13-11-17)19-14-15-19;1-4-2-3-4;1-2/h10-13,16,19H,3-9,14-15H2,1-2H3;4H,2-3H2,1H3;1-2H3. The first-order chi connectivity index (χ1) is 12.2. The Morgan fingerprint density at radius 1 is 0.840 bits per heavy atom. The van der Waals surface area contributed by atoms with E-state index in [2.05, 4.69) is 45.0 Å². The number of hydrogen-bond acceptors (Lipinski definition) is 0. The maximum Gasteiger partial charge on any atom is -0.0162 e. The molecule has 144 valence electrons. The Morgan fingerprint density at radius 3 is 1.88 bits per heavy atom. The van der Waals surface area contributed by atoms with E-state index in [1.807, 2.05) is 13.8 Å². The van der Waals surface area contributed by atoms with Crippen molar-refractivity contribution in [2.45, 2.75) is 111 Å². The summed E-state index contributed by atoms with van der Waals surface area (Å²) in [5.41, 5.74) is 3.11. The van der Waals surface area contributed by atoms with Crippen molar-refractivity contribution in [1.29, 1.82) is 0 Å². The lowest BCUT2D eigenvalue weighted by Gasteiger charge is -2.15. The maximum absolute atomic E-state index is 2.37. The van der Waals surface area contributed by atoms with Crippen LogP contribution in [0.2, 0.25) is 0 Å². The van der Waals surface area contributed by atoms with E-state index in [1.54, 1.807) is 11.1 Å². The Hall–Kier alpha value is -0.780. The van der Waals surface area contributed by atoms with E-state index in [0.717, 1.165) is 17.8 Å². The van der Waals surface area contributed by atoms with Gasteiger partial charge in [-0.2, -0.15) is 0 Å². The van der Waals surface area contributed by atoms with E-state index in [0.29, 0.717) is 0 Å². The fourth-order valence-electron chi connectivity index (χ4n) is 3.24. The molecular formula is C25H44. The van der Waals surface area contributed by atoms with Crippen LogP contribution in [0.1, 0.15) is 116 Å². The highest BCUT2D eigenvalue weighted by molar-refractivity contribution is 5.28. The number of unbranched alkanes of at least 4 members (excludes halogenated alkanes) is 1. The van der Waals surface area contributed by atoms with Gasteiger partial charge in [0.1, 0.15) is 0 Å². The number of rotatable bonds is 9.